The third-order valence-corrected chi connectivity index (χ3v) is 5.34. The number of carbonyl (C=O) groups is 1. The second-order valence-corrected chi connectivity index (χ2v) is 6.90. The van der Waals surface area contributed by atoms with E-state index in [0.717, 1.165) is 5.56 Å². The third kappa shape index (κ3) is 2.18. The zero-order chi connectivity index (χ0) is 15.9. The van der Waals surface area contributed by atoms with Crippen molar-refractivity contribution in [1.82, 2.24) is 0 Å². The van der Waals surface area contributed by atoms with Gasteiger partial charge in [-0.2, -0.15) is 8.42 Å². The summed E-state index contributed by atoms with van der Waals surface area (Å²) in [6.45, 7) is 2.31. The van der Waals surface area contributed by atoms with Crippen LogP contribution in [-0.2, 0) is 14.8 Å². The van der Waals surface area contributed by atoms with Crippen LogP contribution in [0.3, 0.4) is 0 Å². The number of hydrogen-bond acceptors (Lipinski definition) is 5. The summed E-state index contributed by atoms with van der Waals surface area (Å²) in [6, 6.07) is 9.92. The molecule has 6 nitrogen and oxygen atoms in total. The van der Waals surface area contributed by atoms with Gasteiger partial charge in [0, 0.05) is 12.5 Å². The van der Waals surface area contributed by atoms with Crippen LogP contribution in [0, 0.1) is 0 Å². The Labute approximate surface area is 128 Å². The predicted octanol–water partition coefficient (Wildman–Crippen LogP) is 2.38. The quantitative estimate of drug-likeness (QED) is 0.811. The lowest BCUT2D eigenvalue weighted by Gasteiger charge is -2.17. The second-order valence-electron chi connectivity index (χ2n) is 5.11. The Bertz CT molecular complexity index is 824. The van der Waals surface area contributed by atoms with E-state index in [0.29, 0.717) is 12.2 Å². The Balaban J connectivity index is 2.01. The van der Waals surface area contributed by atoms with Gasteiger partial charge in [-0.15, -0.1) is 0 Å². The molecular formula is C15H15NO5S. The number of esters is 1. The van der Waals surface area contributed by atoms with E-state index < -0.39 is 16.0 Å². The molecule has 7 heteroatoms. The highest BCUT2D eigenvalue weighted by Gasteiger charge is 2.36. The maximum atomic E-state index is 12.7. The summed E-state index contributed by atoms with van der Waals surface area (Å²) in [5.41, 5.74) is 1.62. The van der Waals surface area contributed by atoms with Crippen molar-refractivity contribution >= 4 is 21.7 Å². The molecule has 22 heavy (non-hydrogen) atoms. The van der Waals surface area contributed by atoms with Crippen molar-refractivity contribution in [3.8, 4) is 0 Å². The van der Waals surface area contributed by atoms with E-state index in [1.165, 1.54) is 23.5 Å². The van der Waals surface area contributed by atoms with E-state index >= 15 is 0 Å². The average molecular weight is 321 g/mol. The summed E-state index contributed by atoms with van der Waals surface area (Å²) in [4.78, 5) is 11.4. The van der Waals surface area contributed by atoms with Crippen LogP contribution in [0.5, 0.6) is 0 Å². The summed E-state index contributed by atoms with van der Waals surface area (Å²) >= 11 is 0. The molecule has 0 radical (unpaired) electrons. The van der Waals surface area contributed by atoms with Gasteiger partial charge in [-0.3, -0.25) is 4.31 Å². The molecule has 1 atom stereocenters. The first-order chi connectivity index (χ1) is 10.4. The topological polar surface area (TPSA) is 76.8 Å². The molecule has 0 saturated heterocycles. The minimum Gasteiger partial charge on any atom is -0.463 e. The molecule has 3 rings (SSSR count). The van der Waals surface area contributed by atoms with Gasteiger partial charge in [0.15, 0.2) is 0 Å². The molecule has 0 amide bonds. The van der Waals surface area contributed by atoms with Crippen molar-refractivity contribution in [2.75, 3.05) is 18.0 Å². The molecule has 2 heterocycles. The molecule has 0 bridgehead atoms. The zero-order valence-corrected chi connectivity index (χ0v) is 13.0. The highest BCUT2D eigenvalue weighted by Crippen LogP contribution is 2.39. The fourth-order valence-electron chi connectivity index (χ4n) is 2.58. The van der Waals surface area contributed by atoms with Crippen molar-refractivity contribution in [2.24, 2.45) is 0 Å². The summed E-state index contributed by atoms with van der Waals surface area (Å²) < 4.78 is 36.5. The van der Waals surface area contributed by atoms with Gasteiger partial charge < -0.3 is 9.15 Å². The number of rotatable bonds is 3. The van der Waals surface area contributed by atoms with E-state index in [1.807, 2.05) is 19.1 Å². The molecule has 0 saturated carbocycles. The van der Waals surface area contributed by atoms with Crippen LogP contribution in [0.1, 0.15) is 29.0 Å². The van der Waals surface area contributed by atoms with Crippen LogP contribution >= 0.6 is 0 Å². The lowest BCUT2D eigenvalue weighted by Crippen LogP contribution is -2.29. The van der Waals surface area contributed by atoms with E-state index in [4.69, 9.17) is 4.42 Å². The van der Waals surface area contributed by atoms with Crippen LogP contribution in [0.4, 0.5) is 5.69 Å². The molecule has 1 aromatic carbocycles. The van der Waals surface area contributed by atoms with Gasteiger partial charge in [0.1, 0.15) is 0 Å². The molecule has 0 fully saturated rings. The summed E-state index contributed by atoms with van der Waals surface area (Å²) in [5.74, 6) is -0.751. The van der Waals surface area contributed by atoms with E-state index in [9.17, 15) is 13.2 Å². The molecule has 116 valence electrons. The minimum absolute atomic E-state index is 0.0982. The summed E-state index contributed by atoms with van der Waals surface area (Å²) in [5, 5.41) is -0.267. The maximum absolute atomic E-state index is 12.7. The highest BCUT2D eigenvalue weighted by molar-refractivity contribution is 7.92. The lowest BCUT2D eigenvalue weighted by molar-refractivity contribution is 0.0559. The third-order valence-electron chi connectivity index (χ3n) is 3.69. The number of nitrogens with zero attached hydrogens (tertiary/aromatic N) is 1. The smallest absolute Gasteiger partial charge is 0.374 e. The Hall–Kier alpha value is -2.28. The van der Waals surface area contributed by atoms with Crippen molar-refractivity contribution in [3.05, 3.63) is 47.7 Å². The van der Waals surface area contributed by atoms with Gasteiger partial charge in [0.2, 0.25) is 10.9 Å². The predicted molar refractivity (Wildman–Crippen MR) is 79.4 cm³/mol. The standard InChI is InChI=1S/C15H15NO5S/c1-10-9-16(12-6-4-3-5-11(10)12)22(18,19)14-8-7-13(21-14)15(17)20-2/h3-8,10H,9H2,1-2H3. The number of hydrogen-bond donors (Lipinski definition) is 0. The molecule has 1 aliphatic heterocycles. The number of fused-ring (bicyclic) bond motifs is 1. The molecular weight excluding hydrogens is 306 g/mol. The Morgan fingerprint density at radius 3 is 2.73 bits per heavy atom. The Morgan fingerprint density at radius 1 is 1.27 bits per heavy atom. The summed E-state index contributed by atoms with van der Waals surface area (Å²) in [6.07, 6.45) is 0. The average Bonchev–Trinajstić information content (AvgIpc) is 3.13. The van der Waals surface area contributed by atoms with Crippen LogP contribution < -0.4 is 4.31 Å². The number of ether oxygens (including phenoxy) is 1. The second kappa shape index (κ2) is 5.17. The zero-order valence-electron chi connectivity index (χ0n) is 12.1. The number of para-hydroxylation sites is 1. The maximum Gasteiger partial charge on any atom is 0.374 e. The number of methoxy groups -OCH3 is 1. The summed E-state index contributed by atoms with van der Waals surface area (Å²) in [7, 11) is -2.64. The Morgan fingerprint density at radius 2 is 2.00 bits per heavy atom. The minimum atomic E-state index is -3.85. The van der Waals surface area contributed by atoms with Crippen LogP contribution in [0.15, 0.2) is 45.9 Å². The highest BCUT2D eigenvalue weighted by atomic mass is 32.2. The van der Waals surface area contributed by atoms with Gasteiger partial charge in [-0.1, -0.05) is 25.1 Å². The van der Waals surface area contributed by atoms with E-state index in [1.54, 1.807) is 12.1 Å². The largest absolute Gasteiger partial charge is 0.463 e. The van der Waals surface area contributed by atoms with Gasteiger partial charge in [-0.25, -0.2) is 4.79 Å². The fourth-order valence-corrected chi connectivity index (χ4v) is 4.08. The molecule has 0 N–H and O–H groups in total. The van der Waals surface area contributed by atoms with Crippen molar-refractivity contribution in [1.29, 1.82) is 0 Å². The van der Waals surface area contributed by atoms with Crippen LogP contribution in [0.2, 0.25) is 0 Å². The van der Waals surface area contributed by atoms with Crippen LogP contribution in [0.25, 0.3) is 0 Å². The molecule has 0 aliphatic carbocycles. The number of benzene rings is 1. The lowest BCUT2D eigenvalue weighted by atomic mass is 10.0. The number of anilines is 1. The molecule has 1 unspecified atom stereocenters. The van der Waals surface area contributed by atoms with Gasteiger partial charge in [-0.05, 0) is 23.8 Å². The normalized spacial score (nSPS) is 17.4. The molecule has 2 aromatic rings. The Kier molecular flexibility index (Phi) is 3.44. The van der Waals surface area contributed by atoms with Crippen molar-refractivity contribution in [3.63, 3.8) is 0 Å². The first-order valence-corrected chi connectivity index (χ1v) is 8.19. The first kappa shape index (κ1) is 14.6. The van der Waals surface area contributed by atoms with Gasteiger partial charge >= 0.3 is 5.97 Å². The first-order valence-electron chi connectivity index (χ1n) is 6.75. The number of furan rings is 1. The molecule has 1 aromatic heterocycles. The van der Waals surface area contributed by atoms with Gasteiger partial charge in [0.25, 0.3) is 10.0 Å². The van der Waals surface area contributed by atoms with E-state index in [2.05, 4.69) is 4.74 Å². The van der Waals surface area contributed by atoms with Crippen molar-refractivity contribution in [2.45, 2.75) is 17.9 Å². The van der Waals surface area contributed by atoms with E-state index in [-0.39, 0.29) is 16.8 Å². The number of carbonyl (C=O) groups excluding carboxylic acids is 1. The monoisotopic (exact) mass is 321 g/mol. The molecule has 0 spiro atoms. The SMILES string of the molecule is COC(=O)c1ccc(S(=O)(=O)N2CC(C)c3ccccc32)o1. The molecule has 1 aliphatic rings. The fraction of sp³-hybridized carbons (Fsp3) is 0.267. The van der Waals surface area contributed by atoms with Crippen LogP contribution in [-0.4, -0.2) is 28.0 Å². The van der Waals surface area contributed by atoms with Gasteiger partial charge in [0.05, 0.1) is 12.8 Å². The van der Waals surface area contributed by atoms with Crippen molar-refractivity contribution < 1.29 is 22.4 Å². The number of sulfonamides is 1.